The minimum Gasteiger partial charge on any atom is -0.494 e. The van der Waals surface area contributed by atoms with E-state index in [2.05, 4.69) is 17.9 Å². The smallest absolute Gasteiger partial charge is 0.222 e. The van der Waals surface area contributed by atoms with Crippen molar-refractivity contribution in [2.24, 2.45) is 0 Å². The summed E-state index contributed by atoms with van der Waals surface area (Å²) in [5.41, 5.74) is 0.927. The number of para-hydroxylation sites is 1. The molecular weight excluding hydrogens is 310 g/mol. The van der Waals surface area contributed by atoms with E-state index in [1.54, 1.807) is 18.4 Å². The highest BCUT2D eigenvalue weighted by molar-refractivity contribution is 7.22. The van der Waals surface area contributed by atoms with Crippen LogP contribution in [0.3, 0.4) is 0 Å². The molecule has 1 aromatic heterocycles. The summed E-state index contributed by atoms with van der Waals surface area (Å²) in [6, 6.07) is 6.01. The van der Waals surface area contributed by atoms with Crippen molar-refractivity contribution in [2.45, 2.75) is 26.2 Å². The first-order valence-electron chi connectivity index (χ1n) is 8.19. The second-order valence-electron chi connectivity index (χ2n) is 5.77. The summed E-state index contributed by atoms with van der Waals surface area (Å²) < 4.78 is 6.53. The molecule has 0 bridgehead atoms. The summed E-state index contributed by atoms with van der Waals surface area (Å²) in [5, 5.41) is 1.02. The summed E-state index contributed by atoms with van der Waals surface area (Å²) in [7, 11) is 1.68. The summed E-state index contributed by atoms with van der Waals surface area (Å²) in [5.74, 6) is 1.11. The maximum Gasteiger partial charge on any atom is 0.222 e. The zero-order valence-electron chi connectivity index (χ0n) is 13.7. The van der Waals surface area contributed by atoms with Gasteiger partial charge in [-0.25, -0.2) is 4.98 Å². The van der Waals surface area contributed by atoms with Crippen LogP contribution in [0.1, 0.15) is 26.2 Å². The molecule has 1 aliphatic rings. The number of fused-ring (bicyclic) bond motifs is 1. The molecule has 0 radical (unpaired) electrons. The number of methoxy groups -OCH3 is 1. The van der Waals surface area contributed by atoms with Crippen LogP contribution in [0.25, 0.3) is 10.2 Å². The third kappa shape index (κ3) is 3.42. The third-order valence-corrected chi connectivity index (χ3v) is 5.32. The summed E-state index contributed by atoms with van der Waals surface area (Å²) in [6.07, 6.45) is 2.73. The van der Waals surface area contributed by atoms with Gasteiger partial charge in [0.05, 0.1) is 11.8 Å². The number of anilines is 1. The van der Waals surface area contributed by atoms with Crippen LogP contribution in [0, 0.1) is 0 Å². The summed E-state index contributed by atoms with van der Waals surface area (Å²) in [6.45, 7) is 5.39. The van der Waals surface area contributed by atoms with Gasteiger partial charge in [-0.05, 0) is 18.6 Å². The highest BCUT2D eigenvalue weighted by Gasteiger charge is 2.23. The van der Waals surface area contributed by atoms with Gasteiger partial charge in [0.15, 0.2) is 5.13 Å². The number of thiazole rings is 1. The van der Waals surface area contributed by atoms with Crippen LogP contribution < -0.4 is 9.64 Å². The number of ether oxygens (including phenoxy) is 1. The number of benzene rings is 1. The Labute approximate surface area is 140 Å². The molecule has 1 aliphatic heterocycles. The molecule has 0 atom stereocenters. The second kappa shape index (κ2) is 7.17. The molecule has 1 amide bonds. The Balaban J connectivity index is 1.67. The van der Waals surface area contributed by atoms with Crippen molar-refractivity contribution in [2.75, 3.05) is 38.2 Å². The van der Waals surface area contributed by atoms with Gasteiger partial charge in [-0.2, -0.15) is 0 Å². The van der Waals surface area contributed by atoms with Crippen LogP contribution in [-0.4, -0.2) is 49.1 Å². The lowest BCUT2D eigenvalue weighted by Crippen LogP contribution is -2.48. The first kappa shape index (κ1) is 16.1. The molecule has 0 N–H and O–H groups in total. The van der Waals surface area contributed by atoms with E-state index in [1.165, 1.54) is 0 Å². The molecule has 0 saturated carbocycles. The fraction of sp³-hybridized carbons (Fsp3) is 0.529. The monoisotopic (exact) mass is 333 g/mol. The van der Waals surface area contributed by atoms with E-state index >= 15 is 0 Å². The number of hydrogen-bond acceptors (Lipinski definition) is 5. The molecule has 23 heavy (non-hydrogen) atoms. The highest BCUT2D eigenvalue weighted by Crippen LogP contribution is 2.34. The minimum atomic E-state index is 0.289. The van der Waals surface area contributed by atoms with E-state index in [0.29, 0.717) is 6.42 Å². The molecule has 0 unspecified atom stereocenters. The molecule has 2 heterocycles. The quantitative estimate of drug-likeness (QED) is 0.843. The number of nitrogens with zero attached hydrogens (tertiary/aromatic N) is 3. The molecule has 1 fully saturated rings. The van der Waals surface area contributed by atoms with Crippen LogP contribution in [0.4, 0.5) is 5.13 Å². The summed E-state index contributed by atoms with van der Waals surface area (Å²) >= 11 is 1.69. The molecule has 124 valence electrons. The number of carbonyl (C=O) groups is 1. The van der Waals surface area contributed by atoms with Gasteiger partial charge in [0.1, 0.15) is 11.3 Å². The van der Waals surface area contributed by atoms with Crippen molar-refractivity contribution in [1.29, 1.82) is 0 Å². The van der Waals surface area contributed by atoms with E-state index in [1.807, 2.05) is 17.0 Å². The molecule has 3 rings (SSSR count). The van der Waals surface area contributed by atoms with Crippen molar-refractivity contribution in [3.8, 4) is 5.75 Å². The zero-order chi connectivity index (χ0) is 16.2. The Bertz CT molecular complexity index is 678. The second-order valence-corrected chi connectivity index (χ2v) is 6.78. The standard InChI is InChI=1S/C17H23N3O2S/c1-3-4-8-15(21)19-9-11-20(12-10-19)17-18-16-13(22-2)6-5-7-14(16)23-17/h5-7H,3-4,8-12H2,1-2H3. The van der Waals surface area contributed by atoms with Crippen LogP contribution in [0.15, 0.2) is 18.2 Å². The van der Waals surface area contributed by atoms with Gasteiger partial charge < -0.3 is 14.5 Å². The van der Waals surface area contributed by atoms with E-state index < -0.39 is 0 Å². The highest BCUT2D eigenvalue weighted by atomic mass is 32.1. The number of piperazine rings is 1. The maximum atomic E-state index is 12.1. The van der Waals surface area contributed by atoms with Crippen molar-refractivity contribution in [3.05, 3.63) is 18.2 Å². The Hall–Kier alpha value is -1.82. The average Bonchev–Trinajstić information content (AvgIpc) is 3.04. The normalized spacial score (nSPS) is 15.2. The van der Waals surface area contributed by atoms with Gasteiger partial charge in [-0.15, -0.1) is 0 Å². The first-order chi connectivity index (χ1) is 11.2. The molecule has 0 aliphatic carbocycles. The largest absolute Gasteiger partial charge is 0.494 e. The predicted molar refractivity (Wildman–Crippen MR) is 94.5 cm³/mol. The van der Waals surface area contributed by atoms with E-state index in [-0.39, 0.29) is 5.91 Å². The topological polar surface area (TPSA) is 45.7 Å². The van der Waals surface area contributed by atoms with Gasteiger partial charge in [-0.3, -0.25) is 4.79 Å². The van der Waals surface area contributed by atoms with Gasteiger partial charge in [-0.1, -0.05) is 30.7 Å². The molecule has 6 heteroatoms. The number of carbonyl (C=O) groups excluding carboxylic acids is 1. The van der Waals surface area contributed by atoms with Gasteiger partial charge in [0, 0.05) is 32.6 Å². The lowest BCUT2D eigenvalue weighted by molar-refractivity contribution is -0.131. The number of hydrogen-bond donors (Lipinski definition) is 0. The van der Waals surface area contributed by atoms with Crippen molar-refractivity contribution < 1.29 is 9.53 Å². The Morgan fingerprint density at radius 1 is 1.30 bits per heavy atom. The molecular formula is C17H23N3O2S. The molecule has 5 nitrogen and oxygen atoms in total. The lowest BCUT2D eigenvalue weighted by Gasteiger charge is -2.34. The first-order valence-corrected chi connectivity index (χ1v) is 9.01. The SMILES string of the molecule is CCCCC(=O)N1CCN(c2nc3c(OC)cccc3s2)CC1. The number of aromatic nitrogens is 1. The predicted octanol–water partition coefficient (Wildman–Crippen LogP) is 3.14. The maximum absolute atomic E-state index is 12.1. The van der Waals surface area contributed by atoms with E-state index in [0.717, 1.165) is 60.1 Å². The van der Waals surface area contributed by atoms with Crippen LogP contribution >= 0.6 is 11.3 Å². The van der Waals surface area contributed by atoms with E-state index in [9.17, 15) is 4.79 Å². The minimum absolute atomic E-state index is 0.289. The van der Waals surface area contributed by atoms with Crippen LogP contribution in [0.2, 0.25) is 0 Å². The van der Waals surface area contributed by atoms with Crippen molar-refractivity contribution in [3.63, 3.8) is 0 Å². The van der Waals surface area contributed by atoms with Crippen molar-refractivity contribution in [1.82, 2.24) is 9.88 Å². The van der Waals surface area contributed by atoms with Crippen LogP contribution in [0.5, 0.6) is 5.75 Å². The number of unbranched alkanes of at least 4 members (excludes halogenated alkanes) is 1. The Morgan fingerprint density at radius 2 is 2.09 bits per heavy atom. The molecule has 0 spiro atoms. The fourth-order valence-corrected chi connectivity index (χ4v) is 3.88. The summed E-state index contributed by atoms with van der Waals surface area (Å²) in [4.78, 5) is 21.1. The lowest BCUT2D eigenvalue weighted by atomic mass is 10.2. The molecule has 1 saturated heterocycles. The molecule has 1 aromatic carbocycles. The Kier molecular flexibility index (Phi) is 5.00. The third-order valence-electron chi connectivity index (χ3n) is 4.24. The van der Waals surface area contributed by atoms with E-state index in [4.69, 9.17) is 9.72 Å². The van der Waals surface area contributed by atoms with Gasteiger partial charge in [0.25, 0.3) is 0 Å². The Morgan fingerprint density at radius 3 is 2.78 bits per heavy atom. The van der Waals surface area contributed by atoms with Gasteiger partial charge >= 0.3 is 0 Å². The average molecular weight is 333 g/mol. The zero-order valence-corrected chi connectivity index (χ0v) is 14.6. The molecule has 2 aromatic rings. The fourth-order valence-electron chi connectivity index (χ4n) is 2.84. The van der Waals surface area contributed by atoms with Crippen LogP contribution in [-0.2, 0) is 4.79 Å². The number of amides is 1. The van der Waals surface area contributed by atoms with Crippen molar-refractivity contribution >= 4 is 32.6 Å². The number of rotatable bonds is 5. The van der Waals surface area contributed by atoms with Gasteiger partial charge in [0.2, 0.25) is 5.91 Å².